The summed E-state index contributed by atoms with van der Waals surface area (Å²) in [7, 11) is 0. The smallest absolute Gasteiger partial charge is 0.354 e. The van der Waals surface area contributed by atoms with E-state index in [0.717, 1.165) is 0 Å². The lowest BCUT2D eigenvalue weighted by molar-refractivity contribution is -0.640. The van der Waals surface area contributed by atoms with Crippen molar-refractivity contribution in [3.05, 3.63) is 0 Å². The van der Waals surface area contributed by atoms with Crippen molar-refractivity contribution in [2.45, 2.75) is 64.6 Å². The van der Waals surface area contributed by atoms with Crippen LogP contribution in [0.3, 0.4) is 0 Å². The fourth-order valence-electron chi connectivity index (χ4n) is 4.69. The standard InChI is InChI=1S/C12HF19O/c13-2-5(16,17)1(11(28,32)12(29,30)31)6(18,19)3(14,8(2,22)23)10(26,27)4(15,7(1,20)21)9(2,24)25/h32H. The Morgan fingerprint density at radius 3 is 0.719 bits per heavy atom. The van der Waals surface area contributed by atoms with Crippen molar-refractivity contribution in [3.8, 4) is 0 Å². The SMILES string of the molecule is OC(F)(C(F)(F)F)C12C(F)(F)C3(F)C(F)(F)C(F)(C(F)(F)C(F)(C3(F)F)C1(F)F)C2(F)F. The lowest BCUT2D eigenvalue weighted by Crippen LogP contribution is -3.09. The minimum Gasteiger partial charge on any atom is -0.354 e. The van der Waals surface area contributed by atoms with Crippen molar-refractivity contribution >= 4 is 0 Å². The van der Waals surface area contributed by atoms with Gasteiger partial charge in [-0.05, 0) is 0 Å². The van der Waals surface area contributed by atoms with Crippen molar-refractivity contribution in [1.82, 2.24) is 0 Å². The molecule has 0 saturated heterocycles. The molecule has 1 unspecified atom stereocenters. The summed E-state index contributed by atoms with van der Waals surface area (Å²) in [6, 6.07) is 0. The fourth-order valence-corrected chi connectivity index (χ4v) is 4.69. The maximum atomic E-state index is 14.5. The molecule has 4 saturated carbocycles. The van der Waals surface area contributed by atoms with Crippen molar-refractivity contribution < 1.29 is 88.5 Å². The highest BCUT2D eigenvalue weighted by molar-refractivity contribution is 5.54. The van der Waals surface area contributed by atoms with Crippen LogP contribution in [-0.2, 0) is 0 Å². The average molecular weight is 522 g/mol. The summed E-state index contributed by atoms with van der Waals surface area (Å²) >= 11 is 0. The first-order chi connectivity index (χ1) is 13.5. The summed E-state index contributed by atoms with van der Waals surface area (Å²) in [5.41, 5.74) is -34.0. The van der Waals surface area contributed by atoms with Crippen LogP contribution in [0.25, 0.3) is 0 Å². The molecular weight excluding hydrogens is 521 g/mol. The lowest BCUT2D eigenvalue weighted by Gasteiger charge is -2.76. The Balaban J connectivity index is 2.82. The molecule has 20 heteroatoms. The van der Waals surface area contributed by atoms with Gasteiger partial charge in [-0.25, -0.2) is 43.9 Å². The zero-order valence-corrected chi connectivity index (χ0v) is 13.6. The molecule has 1 atom stereocenters. The second kappa shape index (κ2) is 4.87. The van der Waals surface area contributed by atoms with Crippen LogP contribution in [0.4, 0.5) is 83.4 Å². The van der Waals surface area contributed by atoms with Crippen LogP contribution in [0.2, 0.25) is 0 Å². The van der Waals surface area contributed by atoms with Gasteiger partial charge in [-0.1, -0.05) is 0 Å². The Labute approximate surface area is 160 Å². The monoisotopic (exact) mass is 522 g/mol. The van der Waals surface area contributed by atoms with Gasteiger partial charge in [0.15, 0.2) is 0 Å². The van der Waals surface area contributed by atoms with Gasteiger partial charge in [0.1, 0.15) is 0 Å². The molecular formula is C12HF19O. The molecule has 0 aliphatic heterocycles. The first-order valence-corrected chi connectivity index (χ1v) is 7.31. The van der Waals surface area contributed by atoms with Gasteiger partial charge in [-0.3, -0.25) is 0 Å². The second-order valence-corrected chi connectivity index (χ2v) is 7.29. The van der Waals surface area contributed by atoms with Gasteiger partial charge in [0.2, 0.25) is 5.41 Å². The van der Waals surface area contributed by atoms with E-state index >= 15 is 0 Å². The summed E-state index contributed by atoms with van der Waals surface area (Å²) in [6.45, 7) is 0. The summed E-state index contributed by atoms with van der Waals surface area (Å²) in [6.07, 6.45) is -8.10. The lowest BCUT2D eigenvalue weighted by atomic mass is 9.35. The minimum absolute atomic E-state index is 8.10. The number of aliphatic hydroxyl groups is 1. The highest BCUT2D eigenvalue weighted by atomic mass is 19.4. The van der Waals surface area contributed by atoms with Crippen molar-refractivity contribution in [1.29, 1.82) is 0 Å². The molecule has 1 N–H and O–H groups in total. The number of hydrogen-bond acceptors (Lipinski definition) is 1. The van der Waals surface area contributed by atoms with Gasteiger partial charge in [0.25, 0.3) is 0 Å². The van der Waals surface area contributed by atoms with E-state index in [1.54, 1.807) is 0 Å². The Morgan fingerprint density at radius 1 is 0.375 bits per heavy atom. The molecule has 0 amide bonds. The van der Waals surface area contributed by atoms with Crippen LogP contribution in [0.1, 0.15) is 0 Å². The van der Waals surface area contributed by atoms with Crippen LogP contribution in [-0.4, -0.2) is 69.7 Å². The maximum absolute atomic E-state index is 14.5. The molecule has 0 spiro atoms. The van der Waals surface area contributed by atoms with E-state index in [9.17, 15) is 83.4 Å². The average Bonchev–Trinajstić information content (AvgIpc) is 2.53. The van der Waals surface area contributed by atoms with Gasteiger partial charge < -0.3 is 5.11 Å². The summed E-state index contributed by atoms with van der Waals surface area (Å²) < 4.78 is 266. The summed E-state index contributed by atoms with van der Waals surface area (Å²) in [4.78, 5) is 0. The summed E-state index contributed by atoms with van der Waals surface area (Å²) in [5.74, 6) is -59.6. The summed E-state index contributed by atoms with van der Waals surface area (Å²) in [5, 5.41) is 8.61. The zero-order valence-electron chi connectivity index (χ0n) is 13.6. The quantitative estimate of drug-likeness (QED) is 0.472. The molecule has 188 valence electrons. The number of alkyl halides is 19. The molecule has 4 aliphatic rings. The molecule has 4 fully saturated rings. The predicted molar refractivity (Wildman–Crippen MR) is 55.7 cm³/mol. The van der Waals surface area contributed by atoms with Gasteiger partial charge in [-0.15, -0.1) is 0 Å². The molecule has 4 aliphatic carbocycles. The first kappa shape index (κ1) is 25.3. The van der Waals surface area contributed by atoms with E-state index < -0.39 is 70.0 Å². The van der Waals surface area contributed by atoms with Crippen LogP contribution in [0, 0.1) is 5.41 Å². The van der Waals surface area contributed by atoms with Gasteiger partial charge in [0.05, 0.1) is 0 Å². The molecule has 32 heavy (non-hydrogen) atoms. The van der Waals surface area contributed by atoms with Crippen LogP contribution < -0.4 is 0 Å². The van der Waals surface area contributed by atoms with E-state index in [4.69, 9.17) is 5.11 Å². The highest BCUT2D eigenvalue weighted by Gasteiger charge is 3.25. The Morgan fingerprint density at radius 2 is 0.562 bits per heavy atom. The number of halogens is 19. The molecule has 0 aromatic carbocycles. The Hall–Kier alpha value is -1.37. The van der Waals surface area contributed by atoms with Gasteiger partial charge >= 0.3 is 64.6 Å². The van der Waals surface area contributed by atoms with E-state index in [0.29, 0.717) is 0 Å². The zero-order chi connectivity index (χ0) is 26.0. The molecule has 0 radical (unpaired) electrons. The third-order valence-corrected chi connectivity index (χ3v) is 6.18. The van der Waals surface area contributed by atoms with Gasteiger partial charge in [-0.2, -0.15) is 39.5 Å². The van der Waals surface area contributed by atoms with Crippen molar-refractivity contribution in [3.63, 3.8) is 0 Å². The van der Waals surface area contributed by atoms with E-state index in [2.05, 4.69) is 0 Å². The third kappa shape index (κ3) is 1.41. The van der Waals surface area contributed by atoms with E-state index in [1.807, 2.05) is 0 Å². The molecule has 0 heterocycles. The number of hydrogen-bond donors (Lipinski definition) is 1. The minimum atomic E-state index is -8.69. The highest BCUT2D eigenvalue weighted by Crippen LogP contribution is 2.92. The van der Waals surface area contributed by atoms with Crippen molar-refractivity contribution in [2.24, 2.45) is 5.41 Å². The van der Waals surface area contributed by atoms with E-state index in [-0.39, 0.29) is 0 Å². The largest absolute Gasteiger partial charge is 0.449 e. The Bertz CT molecular complexity index is 768. The number of rotatable bonds is 1. The van der Waals surface area contributed by atoms with E-state index in [1.165, 1.54) is 0 Å². The second-order valence-electron chi connectivity index (χ2n) is 7.29. The fraction of sp³-hybridized carbons (Fsp3) is 1.00. The van der Waals surface area contributed by atoms with Gasteiger partial charge in [0, 0.05) is 0 Å². The van der Waals surface area contributed by atoms with Crippen LogP contribution >= 0.6 is 0 Å². The van der Waals surface area contributed by atoms with Crippen LogP contribution in [0.5, 0.6) is 0 Å². The molecule has 4 rings (SSSR count). The maximum Gasteiger partial charge on any atom is 0.449 e. The molecule has 0 aromatic rings. The predicted octanol–water partition coefficient (Wildman–Crippen LogP) is 5.17. The Kier molecular flexibility index (Phi) is 3.84. The van der Waals surface area contributed by atoms with Crippen molar-refractivity contribution in [2.75, 3.05) is 0 Å². The first-order valence-electron chi connectivity index (χ1n) is 7.31. The molecule has 1 nitrogen and oxygen atoms in total. The van der Waals surface area contributed by atoms with Crippen LogP contribution in [0.15, 0.2) is 0 Å². The third-order valence-electron chi connectivity index (χ3n) is 6.18. The molecule has 0 aromatic heterocycles. The topological polar surface area (TPSA) is 20.2 Å². The molecule has 4 bridgehead atoms. The normalized spacial score (nSPS) is 48.4.